The minimum Gasteiger partial charge on any atom is -0.328 e. The summed E-state index contributed by atoms with van der Waals surface area (Å²) in [7, 11) is 0. The number of nitrogens with two attached hydrogens (primary N) is 2. The zero-order valence-electron chi connectivity index (χ0n) is 11.3. The van der Waals surface area contributed by atoms with Crippen LogP contribution in [0.25, 0.3) is 0 Å². The number of pyridine rings is 1. The van der Waals surface area contributed by atoms with Gasteiger partial charge in [-0.2, -0.15) is 13.2 Å². The fraction of sp³-hybridized carbons (Fsp3) is 0.364. The Balaban J connectivity index is 2.67. The lowest BCUT2D eigenvalue weighted by Gasteiger charge is -2.20. The van der Waals surface area contributed by atoms with Gasteiger partial charge in [-0.05, 0) is 12.1 Å². The van der Waals surface area contributed by atoms with Gasteiger partial charge < -0.3 is 22.1 Å². The van der Waals surface area contributed by atoms with Crippen molar-refractivity contribution in [3.8, 4) is 0 Å². The Morgan fingerprint density at radius 1 is 1.36 bits per heavy atom. The largest absolute Gasteiger partial charge is 0.413 e. The molecule has 1 aromatic rings. The number of hydrogen-bond donors (Lipinski definition) is 4. The number of alkyl halides is 3. The van der Waals surface area contributed by atoms with Crippen LogP contribution in [0.1, 0.15) is 17.3 Å². The van der Waals surface area contributed by atoms with Gasteiger partial charge in [0.25, 0.3) is 5.91 Å². The molecule has 0 saturated heterocycles. The van der Waals surface area contributed by atoms with E-state index < -0.39 is 23.0 Å². The Morgan fingerprint density at radius 2 is 2.00 bits per heavy atom. The molecule has 1 heterocycles. The Labute approximate surface area is 128 Å². The number of nitrogens with one attached hydrogen (secondary N) is 2. The van der Waals surface area contributed by atoms with E-state index in [4.69, 9.17) is 11.5 Å². The summed E-state index contributed by atoms with van der Waals surface area (Å²) in [5.41, 5.74) is 9.02. The Kier molecular flexibility index (Phi) is 6.14. The third kappa shape index (κ3) is 5.87. The van der Waals surface area contributed by atoms with E-state index in [0.717, 1.165) is 0 Å². The fourth-order valence-corrected chi connectivity index (χ4v) is 1.95. The van der Waals surface area contributed by atoms with Crippen LogP contribution in [0.4, 0.5) is 19.0 Å². The molecule has 11 heteroatoms. The summed E-state index contributed by atoms with van der Waals surface area (Å²) in [5.74, 6) is -0.967. The second-order valence-corrected chi connectivity index (χ2v) is 5.39. The van der Waals surface area contributed by atoms with Crippen molar-refractivity contribution in [1.82, 2.24) is 10.3 Å². The molecule has 1 rings (SSSR count). The summed E-state index contributed by atoms with van der Waals surface area (Å²) >= 11 is 0.158. The van der Waals surface area contributed by atoms with Crippen LogP contribution in [0.15, 0.2) is 18.3 Å². The first-order valence-electron chi connectivity index (χ1n) is 5.87. The van der Waals surface area contributed by atoms with E-state index in [1.807, 2.05) is 0 Å². The second-order valence-electron chi connectivity index (χ2n) is 4.10. The van der Waals surface area contributed by atoms with Gasteiger partial charge in [-0.15, -0.1) is 0 Å². The maximum Gasteiger partial charge on any atom is 0.413 e. The van der Waals surface area contributed by atoms with Crippen LogP contribution >= 0.6 is 11.8 Å². The van der Waals surface area contributed by atoms with Gasteiger partial charge in [0.15, 0.2) is 5.37 Å². The average molecular weight is 337 g/mol. The highest BCUT2D eigenvalue weighted by atomic mass is 32.2. The van der Waals surface area contributed by atoms with Gasteiger partial charge in [-0.1, -0.05) is 11.8 Å². The molecule has 0 spiro atoms. The molecule has 1 aromatic heterocycles. The third-order valence-electron chi connectivity index (χ3n) is 2.22. The molecule has 0 saturated carbocycles. The molecule has 6 N–H and O–H groups in total. The number of hydrogen-bond acceptors (Lipinski definition) is 6. The summed E-state index contributed by atoms with van der Waals surface area (Å²) in [5, 5.41) is 2.32. The molecule has 0 aliphatic rings. The van der Waals surface area contributed by atoms with Crippen molar-refractivity contribution in [1.29, 1.82) is 0 Å². The molecule has 7 nitrogen and oxygen atoms in total. The Hall–Kier alpha value is -1.85. The standard InChI is InChI=1S/C11H14F3N5O2S/c1-5(20)18-7-4-6(2-3-17-7)8(21)19-10(16)22-9(15)11(12,13)14/h2-4,9-10H,15-16H2,1H3,(H,19,21)(H,17,18,20). The van der Waals surface area contributed by atoms with Crippen molar-refractivity contribution >= 4 is 29.4 Å². The fourth-order valence-electron chi connectivity index (χ4n) is 1.30. The predicted molar refractivity (Wildman–Crippen MR) is 75.6 cm³/mol. The number of rotatable bonds is 5. The maximum absolute atomic E-state index is 12.3. The number of aromatic nitrogens is 1. The summed E-state index contributed by atoms with van der Waals surface area (Å²) in [6.45, 7) is 1.26. The number of thioether (sulfide) groups is 1. The van der Waals surface area contributed by atoms with Crippen molar-refractivity contribution in [3.05, 3.63) is 23.9 Å². The maximum atomic E-state index is 12.3. The molecule has 0 aliphatic carbocycles. The molecular weight excluding hydrogens is 323 g/mol. The molecule has 0 bridgehead atoms. The van der Waals surface area contributed by atoms with Crippen LogP contribution in [-0.2, 0) is 4.79 Å². The van der Waals surface area contributed by atoms with Crippen LogP contribution in [0.3, 0.4) is 0 Å². The van der Waals surface area contributed by atoms with Crippen molar-refractivity contribution in [2.45, 2.75) is 24.0 Å². The number of amides is 2. The Bertz CT molecular complexity index is 555. The smallest absolute Gasteiger partial charge is 0.328 e. The van der Waals surface area contributed by atoms with E-state index in [2.05, 4.69) is 15.6 Å². The number of nitrogens with zero attached hydrogens (tertiary/aromatic N) is 1. The third-order valence-corrected chi connectivity index (χ3v) is 3.19. The molecule has 0 fully saturated rings. The molecule has 0 aliphatic heterocycles. The summed E-state index contributed by atoms with van der Waals surface area (Å²) in [6.07, 6.45) is -3.36. The quantitative estimate of drug-likeness (QED) is 0.583. The first-order valence-corrected chi connectivity index (χ1v) is 6.81. The number of anilines is 1. The van der Waals surface area contributed by atoms with E-state index in [0.29, 0.717) is 0 Å². The molecule has 0 aromatic carbocycles. The van der Waals surface area contributed by atoms with Crippen molar-refractivity contribution < 1.29 is 22.8 Å². The summed E-state index contributed by atoms with van der Waals surface area (Å²) in [4.78, 5) is 26.6. The van der Waals surface area contributed by atoms with Crippen LogP contribution in [0.5, 0.6) is 0 Å². The number of carbonyl (C=O) groups is 2. The molecule has 122 valence electrons. The first-order chi connectivity index (χ1) is 10.1. The van der Waals surface area contributed by atoms with Crippen LogP contribution in [0, 0.1) is 0 Å². The van der Waals surface area contributed by atoms with Crippen LogP contribution in [-0.4, -0.2) is 33.8 Å². The lowest BCUT2D eigenvalue weighted by atomic mass is 10.2. The van der Waals surface area contributed by atoms with Gasteiger partial charge in [0.2, 0.25) is 5.91 Å². The van der Waals surface area contributed by atoms with E-state index in [-0.39, 0.29) is 29.1 Å². The lowest BCUT2D eigenvalue weighted by Crippen LogP contribution is -2.45. The van der Waals surface area contributed by atoms with E-state index in [1.54, 1.807) is 0 Å². The van der Waals surface area contributed by atoms with Crippen molar-refractivity contribution in [2.24, 2.45) is 11.5 Å². The SMILES string of the molecule is CC(=O)Nc1cc(C(=O)NC(N)SC(N)C(F)(F)F)ccn1. The minimum absolute atomic E-state index is 0.0791. The number of halogens is 3. The van der Waals surface area contributed by atoms with E-state index >= 15 is 0 Å². The average Bonchev–Trinajstić information content (AvgIpc) is 2.36. The molecule has 2 unspecified atom stereocenters. The topological polar surface area (TPSA) is 123 Å². The van der Waals surface area contributed by atoms with Gasteiger partial charge in [0, 0.05) is 18.7 Å². The highest BCUT2D eigenvalue weighted by molar-refractivity contribution is 8.00. The molecule has 0 radical (unpaired) electrons. The monoisotopic (exact) mass is 337 g/mol. The predicted octanol–water partition coefficient (Wildman–Crippen LogP) is 0.592. The minimum atomic E-state index is -4.62. The van der Waals surface area contributed by atoms with Gasteiger partial charge in [-0.3, -0.25) is 9.59 Å². The van der Waals surface area contributed by atoms with E-state index in [9.17, 15) is 22.8 Å². The van der Waals surface area contributed by atoms with Crippen molar-refractivity contribution in [3.63, 3.8) is 0 Å². The molecular formula is C11H14F3N5O2S. The van der Waals surface area contributed by atoms with Gasteiger partial charge >= 0.3 is 6.18 Å². The van der Waals surface area contributed by atoms with E-state index in [1.165, 1.54) is 25.3 Å². The summed E-state index contributed by atoms with van der Waals surface area (Å²) in [6, 6.07) is 2.58. The van der Waals surface area contributed by atoms with Gasteiger partial charge in [-0.25, -0.2) is 4.98 Å². The highest BCUT2D eigenvalue weighted by Crippen LogP contribution is 2.27. The lowest BCUT2D eigenvalue weighted by molar-refractivity contribution is -0.127. The highest BCUT2D eigenvalue weighted by Gasteiger charge is 2.38. The van der Waals surface area contributed by atoms with Crippen LogP contribution in [0.2, 0.25) is 0 Å². The Morgan fingerprint density at radius 3 is 2.55 bits per heavy atom. The number of carbonyl (C=O) groups excluding carboxylic acids is 2. The second kappa shape index (κ2) is 7.42. The zero-order valence-corrected chi connectivity index (χ0v) is 12.2. The zero-order chi connectivity index (χ0) is 16.9. The molecule has 2 atom stereocenters. The summed E-state index contributed by atoms with van der Waals surface area (Å²) < 4.78 is 36.8. The normalized spacial score (nSPS) is 14.1. The molecule has 22 heavy (non-hydrogen) atoms. The van der Waals surface area contributed by atoms with Crippen molar-refractivity contribution in [2.75, 3.05) is 5.32 Å². The molecule has 2 amide bonds. The van der Waals surface area contributed by atoms with Crippen LogP contribution < -0.4 is 22.1 Å². The van der Waals surface area contributed by atoms with Gasteiger partial charge in [0.05, 0.1) is 0 Å². The first kappa shape index (κ1) is 18.2. The van der Waals surface area contributed by atoms with Gasteiger partial charge in [0.1, 0.15) is 11.3 Å².